The number of thiophene rings is 1. The average molecular weight is 287 g/mol. The fourth-order valence-electron chi connectivity index (χ4n) is 1.64. The Labute approximate surface area is 109 Å². The van der Waals surface area contributed by atoms with Gasteiger partial charge in [0.15, 0.2) is 0 Å². The van der Waals surface area contributed by atoms with Crippen LogP contribution in [0.15, 0.2) is 46.0 Å². The highest BCUT2D eigenvalue weighted by Crippen LogP contribution is 2.27. The molecule has 0 radical (unpaired) electrons. The van der Waals surface area contributed by atoms with E-state index < -0.39 is 9.05 Å². The third-order valence-electron chi connectivity index (χ3n) is 2.45. The summed E-state index contributed by atoms with van der Waals surface area (Å²) >= 11 is 1.17. The molecule has 0 amide bonds. The van der Waals surface area contributed by atoms with Crippen LogP contribution in [0, 0.1) is 0 Å². The van der Waals surface area contributed by atoms with Gasteiger partial charge in [-0.25, -0.2) is 8.42 Å². The third kappa shape index (κ3) is 3.31. The molecule has 17 heavy (non-hydrogen) atoms. The Morgan fingerprint density at radius 2 is 1.76 bits per heavy atom. The molecule has 0 fully saturated rings. The Kier molecular flexibility index (Phi) is 3.86. The molecule has 2 rings (SSSR count). The van der Waals surface area contributed by atoms with E-state index in [1.807, 2.05) is 36.4 Å². The quantitative estimate of drug-likeness (QED) is 0.807. The van der Waals surface area contributed by atoms with Crippen LogP contribution in [0.25, 0.3) is 0 Å². The Morgan fingerprint density at radius 3 is 2.41 bits per heavy atom. The average Bonchev–Trinajstić information content (AvgIpc) is 2.75. The van der Waals surface area contributed by atoms with Crippen molar-refractivity contribution in [2.24, 2.45) is 0 Å². The van der Waals surface area contributed by atoms with Gasteiger partial charge in [-0.3, -0.25) is 0 Å². The first kappa shape index (κ1) is 12.6. The van der Waals surface area contributed by atoms with Gasteiger partial charge in [0, 0.05) is 10.7 Å². The summed E-state index contributed by atoms with van der Waals surface area (Å²) < 4.78 is 22.9. The van der Waals surface area contributed by atoms with Crippen molar-refractivity contribution >= 4 is 31.1 Å². The molecule has 0 atom stereocenters. The number of benzene rings is 1. The van der Waals surface area contributed by atoms with E-state index in [4.69, 9.17) is 10.7 Å². The van der Waals surface area contributed by atoms with Gasteiger partial charge in [0.1, 0.15) is 4.21 Å². The zero-order valence-corrected chi connectivity index (χ0v) is 11.4. The summed E-state index contributed by atoms with van der Waals surface area (Å²) in [6, 6.07) is 11.8. The molecule has 5 heteroatoms. The van der Waals surface area contributed by atoms with E-state index in [1.54, 1.807) is 5.38 Å². The van der Waals surface area contributed by atoms with Crippen LogP contribution in [0.5, 0.6) is 0 Å². The van der Waals surface area contributed by atoms with Gasteiger partial charge in [0.05, 0.1) is 0 Å². The first-order valence-electron chi connectivity index (χ1n) is 5.12. The molecule has 0 bridgehead atoms. The summed E-state index contributed by atoms with van der Waals surface area (Å²) in [5.41, 5.74) is 1.99. The van der Waals surface area contributed by atoms with Gasteiger partial charge in [-0.05, 0) is 35.4 Å². The molecule has 0 N–H and O–H groups in total. The number of rotatable bonds is 4. The van der Waals surface area contributed by atoms with Gasteiger partial charge < -0.3 is 0 Å². The third-order valence-corrected chi connectivity index (χ3v) is 5.59. The van der Waals surface area contributed by atoms with Crippen LogP contribution in [-0.4, -0.2) is 8.42 Å². The number of hydrogen-bond donors (Lipinski definition) is 0. The van der Waals surface area contributed by atoms with Crippen molar-refractivity contribution in [3.05, 3.63) is 52.9 Å². The van der Waals surface area contributed by atoms with E-state index >= 15 is 0 Å². The van der Waals surface area contributed by atoms with Gasteiger partial charge in [-0.15, -0.1) is 11.3 Å². The second-order valence-electron chi connectivity index (χ2n) is 3.66. The molecule has 0 unspecified atom stereocenters. The van der Waals surface area contributed by atoms with Gasteiger partial charge in [-0.1, -0.05) is 30.3 Å². The number of halogens is 1. The maximum absolute atomic E-state index is 11.3. The summed E-state index contributed by atoms with van der Waals surface area (Å²) in [5, 5.41) is 1.76. The van der Waals surface area contributed by atoms with Crippen LogP contribution >= 0.6 is 22.0 Å². The highest BCUT2D eigenvalue weighted by atomic mass is 35.7. The Hall–Kier alpha value is -0.840. The fourth-order valence-corrected chi connectivity index (χ4v) is 4.06. The molecule has 90 valence electrons. The van der Waals surface area contributed by atoms with E-state index in [0.29, 0.717) is 6.42 Å². The molecule has 0 saturated carbocycles. The van der Waals surface area contributed by atoms with E-state index in [-0.39, 0.29) is 4.21 Å². The highest BCUT2D eigenvalue weighted by Gasteiger charge is 2.16. The van der Waals surface area contributed by atoms with Gasteiger partial charge >= 0.3 is 0 Å². The summed E-state index contributed by atoms with van der Waals surface area (Å²) in [7, 11) is 1.77. The van der Waals surface area contributed by atoms with Crippen molar-refractivity contribution in [1.82, 2.24) is 0 Å². The van der Waals surface area contributed by atoms with E-state index in [0.717, 1.165) is 12.0 Å². The number of hydrogen-bond acceptors (Lipinski definition) is 3. The van der Waals surface area contributed by atoms with Crippen LogP contribution in [0.4, 0.5) is 0 Å². The Bertz CT molecular complexity index is 588. The van der Waals surface area contributed by atoms with Crippen molar-refractivity contribution in [1.29, 1.82) is 0 Å². The standard InChI is InChI=1S/C12H11ClO2S2/c13-17(14,15)12-11(8-9-16-12)7-6-10-4-2-1-3-5-10/h1-5,8-9H,6-7H2. The lowest BCUT2D eigenvalue weighted by atomic mass is 10.1. The minimum absolute atomic E-state index is 0.273. The van der Waals surface area contributed by atoms with Crippen molar-refractivity contribution in [2.75, 3.05) is 0 Å². The predicted molar refractivity (Wildman–Crippen MR) is 71.2 cm³/mol. The summed E-state index contributed by atoms with van der Waals surface area (Å²) in [6.07, 6.45) is 1.51. The van der Waals surface area contributed by atoms with Crippen LogP contribution in [0.2, 0.25) is 0 Å². The van der Waals surface area contributed by atoms with Crippen LogP contribution < -0.4 is 0 Å². The first-order valence-corrected chi connectivity index (χ1v) is 8.31. The SMILES string of the molecule is O=S(=O)(Cl)c1sccc1CCc1ccccc1. The maximum Gasteiger partial charge on any atom is 0.271 e. The molecule has 1 aromatic carbocycles. The molecule has 2 nitrogen and oxygen atoms in total. The Morgan fingerprint density at radius 1 is 1.06 bits per heavy atom. The molecule has 1 aromatic heterocycles. The minimum atomic E-state index is -3.60. The van der Waals surface area contributed by atoms with Crippen molar-refractivity contribution in [3.8, 4) is 0 Å². The van der Waals surface area contributed by atoms with Crippen LogP contribution in [0.3, 0.4) is 0 Å². The fraction of sp³-hybridized carbons (Fsp3) is 0.167. The van der Waals surface area contributed by atoms with Crippen LogP contribution in [0.1, 0.15) is 11.1 Å². The van der Waals surface area contributed by atoms with E-state index in [1.165, 1.54) is 16.9 Å². The molecular weight excluding hydrogens is 276 g/mol. The molecule has 2 aromatic rings. The molecule has 0 aliphatic carbocycles. The van der Waals surface area contributed by atoms with Gasteiger partial charge in [0.25, 0.3) is 9.05 Å². The van der Waals surface area contributed by atoms with Gasteiger partial charge in [0.2, 0.25) is 0 Å². The first-order chi connectivity index (χ1) is 8.07. The minimum Gasteiger partial charge on any atom is -0.206 e. The lowest BCUT2D eigenvalue weighted by Crippen LogP contribution is -1.95. The Balaban J connectivity index is 2.13. The summed E-state index contributed by atoms with van der Waals surface area (Å²) in [5.74, 6) is 0. The lowest BCUT2D eigenvalue weighted by Gasteiger charge is -2.01. The predicted octanol–water partition coefficient (Wildman–Crippen LogP) is 3.46. The molecule has 0 spiro atoms. The molecule has 0 aliphatic rings. The zero-order valence-electron chi connectivity index (χ0n) is 8.97. The van der Waals surface area contributed by atoms with Crippen molar-refractivity contribution in [2.45, 2.75) is 17.1 Å². The smallest absolute Gasteiger partial charge is 0.206 e. The van der Waals surface area contributed by atoms with E-state index in [2.05, 4.69) is 0 Å². The summed E-state index contributed by atoms with van der Waals surface area (Å²) in [4.78, 5) is 0. The normalized spacial score (nSPS) is 11.6. The van der Waals surface area contributed by atoms with Gasteiger partial charge in [-0.2, -0.15) is 0 Å². The number of aryl methyl sites for hydroxylation is 2. The largest absolute Gasteiger partial charge is 0.271 e. The second kappa shape index (κ2) is 5.21. The lowest BCUT2D eigenvalue weighted by molar-refractivity contribution is 0.610. The molecule has 0 aliphatic heterocycles. The van der Waals surface area contributed by atoms with E-state index in [9.17, 15) is 8.42 Å². The molecular formula is C12H11ClO2S2. The summed E-state index contributed by atoms with van der Waals surface area (Å²) in [6.45, 7) is 0. The highest BCUT2D eigenvalue weighted by molar-refractivity contribution is 8.15. The molecule has 0 saturated heterocycles. The second-order valence-corrected chi connectivity index (χ2v) is 7.33. The van der Waals surface area contributed by atoms with Crippen LogP contribution in [-0.2, 0) is 21.9 Å². The van der Waals surface area contributed by atoms with Crippen molar-refractivity contribution < 1.29 is 8.42 Å². The topological polar surface area (TPSA) is 34.1 Å². The van der Waals surface area contributed by atoms with Crippen molar-refractivity contribution in [3.63, 3.8) is 0 Å². The maximum atomic E-state index is 11.3. The zero-order chi connectivity index (χ0) is 12.3. The monoisotopic (exact) mass is 286 g/mol. The molecule has 1 heterocycles.